The van der Waals surface area contributed by atoms with Crippen LogP contribution in [0.2, 0.25) is 0 Å². The van der Waals surface area contributed by atoms with Gasteiger partial charge in [0, 0.05) is 18.1 Å². The van der Waals surface area contributed by atoms with E-state index in [1.165, 1.54) is 61.8 Å². The lowest BCUT2D eigenvalue weighted by molar-refractivity contribution is -0.132. The summed E-state index contributed by atoms with van der Waals surface area (Å²) in [5.41, 5.74) is 0.643. The Labute approximate surface area is 201 Å². The number of ether oxygens (including phenoxy) is 2. The number of carbonyl (C=O) groups is 2. The Morgan fingerprint density at radius 1 is 1.06 bits per heavy atom. The molecule has 1 unspecified atom stereocenters. The Kier molecular flexibility index (Phi) is 6.29. The number of amides is 1. The lowest BCUT2D eigenvalue weighted by Gasteiger charge is -2.25. The summed E-state index contributed by atoms with van der Waals surface area (Å²) in [5.74, 6) is -1.64. The molecule has 2 heterocycles. The molecule has 1 aliphatic heterocycles. The molecule has 1 saturated heterocycles. The highest BCUT2D eigenvalue weighted by Crippen LogP contribution is 2.43. The Bertz CT molecular complexity index is 1440. The van der Waals surface area contributed by atoms with Crippen molar-refractivity contribution in [2.75, 3.05) is 19.1 Å². The lowest BCUT2D eigenvalue weighted by atomic mass is 9.95. The molecule has 1 fully saturated rings. The highest BCUT2D eigenvalue weighted by atomic mass is 32.2. The number of carbonyl (C=O) groups excluding carboxylic acids is 2. The monoisotopic (exact) mass is 495 g/mol. The number of nitrogens with two attached hydrogens (primary N) is 1. The summed E-state index contributed by atoms with van der Waals surface area (Å²) in [5, 5.41) is 16.5. The minimum Gasteiger partial charge on any atom is -0.507 e. The molecule has 4 rings (SSSR count). The van der Waals surface area contributed by atoms with Gasteiger partial charge in [0.05, 0.1) is 36.3 Å². The van der Waals surface area contributed by atoms with Gasteiger partial charge in [0.1, 0.15) is 17.3 Å². The molecule has 3 aromatic rings. The number of aliphatic hydroxyl groups excluding tert-OH is 1. The molecular weight excluding hydrogens is 474 g/mol. The number of Topliss-reactive ketones (excluding diaryl/α,β-unsaturated/α-hetero) is 1. The Morgan fingerprint density at radius 3 is 2.34 bits per heavy atom. The van der Waals surface area contributed by atoms with E-state index in [0.29, 0.717) is 11.3 Å². The van der Waals surface area contributed by atoms with Crippen molar-refractivity contribution in [2.24, 2.45) is 5.14 Å². The summed E-state index contributed by atoms with van der Waals surface area (Å²) in [6.45, 7) is 0. The number of sulfonamides is 1. The Morgan fingerprint density at radius 2 is 1.77 bits per heavy atom. The smallest absolute Gasteiger partial charge is 0.300 e. The topological polar surface area (TPSA) is 149 Å². The number of anilines is 1. The summed E-state index contributed by atoms with van der Waals surface area (Å²) in [7, 11) is -1.11. The first-order chi connectivity index (χ1) is 16.7. The molecule has 1 aromatic heterocycles. The summed E-state index contributed by atoms with van der Waals surface area (Å²) >= 11 is 0. The lowest BCUT2D eigenvalue weighted by Crippen LogP contribution is -2.29. The van der Waals surface area contributed by atoms with Gasteiger partial charge in [-0.15, -0.1) is 0 Å². The normalized spacial score (nSPS) is 17.5. The maximum atomic E-state index is 13.3. The van der Waals surface area contributed by atoms with Gasteiger partial charge in [-0.25, -0.2) is 13.6 Å². The van der Waals surface area contributed by atoms with E-state index in [9.17, 15) is 23.1 Å². The van der Waals surface area contributed by atoms with Crippen LogP contribution in [0.1, 0.15) is 17.2 Å². The van der Waals surface area contributed by atoms with Crippen LogP contribution in [0.3, 0.4) is 0 Å². The molecule has 180 valence electrons. The van der Waals surface area contributed by atoms with Crippen LogP contribution in [-0.4, -0.2) is 44.4 Å². The molecule has 0 aliphatic carbocycles. The van der Waals surface area contributed by atoms with Crippen molar-refractivity contribution in [3.8, 4) is 11.5 Å². The van der Waals surface area contributed by atoms with Gasteiger partial charge in [0.25, 0.3) is 11.7 Å². The van der Waals surface area contributed by atoms with E-state index >= 15 is 0 Å². The van der Waals surface area contributed by atoms with Gasteiger partial charge in [-0.3, -0.25) is 19.5 Å². The third kappa shape index (κ3) is 4.34. The van der Waals surface area contributed by atoms with Gasteiger partial charge < -0.3 is 14.6 Å². The van der Waals surface area contributed by atoms with E-state index in [0.717, 1.165) is 0 Å². The molecule has 1 aliphatic rings. The second-order valence-electron chi connectivity index (χ2n) is 7.56. The predicted octanol–water partition coefficient (Wildman–Crippen LogP) is 2.37. The fourth-order valence-corrected chi connectivity index (χ4v) is 4.41. The first-order valence-electron chi connectivity index (χ1n) is 10.2. The molecule has 1 atom stereocenters. The van der Waals surface area contributed by atoms with E-state index in [1.54, 1.807) is 24.3 Å². The quantitative estimate of drug-likeness (QED) is 0.301. The van der Waals surface area contributed by atoms with Gasteiger partial charge in [0.2, 0.25) is 10.0 Å². The second kappa shape index (κ2) is 9.20. The first kappa shape index (κ1) is 23.9. The first-order valence-corrected chi connectivity index (χ1v) is 11.8. The summed E-state index contributed by atoms with van der Waals surface area (Å²) < 4.78 is 33.9. The van der Waals surface area contributed by atoms with E-state index in [-0.39, 0.29) is 27.5 Å². The van der Waals surface area contributed by atoms with Crippen LogP contribution in [0, 0.1) is 0 Å². The molecule has 2 aromatic carbocycles. The zero-order valence-corrected chi connectivity index (χ0v) is 19.5. The van der Waals surface area contributed by atoms with Gasteiger partial charge in [-0.1, -0.05) is 6.07 Å². The number of nitrogens with zero attached hydrogens (tertiary/aromatic N) is 2. The van der Waals surface area contributed by atoms with Crippen molar-refractivity contribution in [3.05, 3.63) is 83.7 Å². The zero-order valence-electron chi connectivity index (χ0n) is 18.7. The Hall–Kier alpha value is -4.22. The molecule has 0 saturated carbocycles. The van der Waals surface area contributed by atoms with Gasteiger partial charge >= 0.3 is 0 Å². The van der Waals surface area contributed by atoms with Crippen molar-refractivity contribution in [1.29, 1.82) is 0 Å². The van der Waals surface area contributed by atoms with E-state index < -0.39 is 33.5 Å². The number of primary sulfonamides is 1. The molecule has 1 amide bonds. The van der Waals surface area contributed by atoms with Crippen LogP contribution in [-0.2, 0) is 19.6 Å². The van der Waals surface area contributed by atoms with Crippen LogP contribution >= 0.6 is 0 Å². The minimum atomic E-state index is -3.96. The number of rotatable bonds is 6. The summed E-state index contributed by atoms with van der Waals surface area (Å²) in [6.07, 6.45) is 3.00. The maximum absolute atomic E-state index is 13.3. The fourth-order valence-electron chi connectivity index (χ4n) is 3.89. The van der Waals surface area contributed by atoms with Crippen molar-refractivity contribution >= 4 is 33.2 Å². The molecule has 0 spiro atoms. The van der Waals surface area contributed by atoms with Crippen LogP contribution in [0.15, 0.2) is 77.5 Å². The molecule has 0 radical (unpaired) electrons. The van der Waals surface area contributed by atoms with Crippen LogP contribution in [0.5, 0.6) is 11.5 Å². The standard InChI is InChI=1S/C24H21N3O7S/c1-33-16-7-10-19(34-2)18(12-16)22(28)20-21(14-4-3-11-26-13-14)27(24(30)23(20)29)15-5-8-17(9-6-15)35(25,31)32/h3-13,21,28H,1-2H3,(H2,25,31,32)/b22-20+. The van der Waals surface area contributed by atoms with Crippen molar-refractivity contribution < 1.29 is 32.6 Å². The number of pyridine rings is 1. The largest absolute Gasteiger partial charge is 0.507 e. The van der Waals surface area contributed by atoms with Crippen LogP contribution in [0.4, 0.5) is 5.69 Å². The molecule has 0 bridgehead atoms. The third-order valence-electron chi connectivity index (χ3n) is 5.55. The highest BCUT2D eigenvalue weighted by molar-refractivity contribution is 7.89. The third-order valence-corrected chi connectivity index (χ3v) is 6.48. The van der Waals surface area contributed by atoms with Crippen LogP contribution in [0.25, 0.3) is 5.76 Å². The number of benzene rings is 2. The van der Waals surface area contributed by atoms with E-state index in [2.05, 4.69) is 4.98 Å². The van der Waals surface area contributed by atoms with Crippen LogP contribution < -0.4 is 19.5 Å². The van der Waals surface area contributed by atoms with Gasteiger partial charge in [-0.2, -0.15) is 0 Å². The van der Waals surface area contributed by atoms with E-state index in [1.807, 2.05) is 0 Å². The average Bonchev–Trinajstić information content (AvgIpc) is 3.13. The number of aliphatic hydroxyl groups is 1. The molecule has 11 heteroatoms. The second-order valence-corrected chi connectivity index (χ2v) is 9.12. The zero-order chi connectivity index (χ0) is 25.3. The number of methoxy groups -OCH3 is 2. The van der Waals surface area contributed by atoms with Crippen molar-refractivity contribution in [2.45, 2.75) is 10.9 Å². The predicted molar refractivity (Wildman–Crippen MR) is 126 cm³/mol. The fraction of sp³-hybridized carbons (Fsp3) is 0.125. The molecular formula is C24H21N3O7S. The number of hydrogen-bond donors (Lipinski definition) is 2. The minimum absolute atomic E-state index is 0.156. The SMILES string of the molecule is COc1ccc(OC)c(/C(O)=C2\C(=O)C(=O)N(c3ccc(S(N)(=O)=O)cc3)C2c2cccnc2)c1. The summed E-state index contributed by atoms with van der Waals surface area (Å²) in [6, 6.07) is 12.1. The molecule has 3 N–H and O–H groups in total. The summed E-state index contributed by atoms with van der Waals surface area (Å²) in [4.78, 5) is 31.6. The number of ketones is 1. The van der Waals surface area contributed by atoms with Gasteiger partial charge in [0.15, 0.2) is 0 Å². The molecule has 35 heavy (non-hydrogen) atoms. The van der Waals surface area contributed by atoms with E-state index in [4.69, 9.17) is 14.6 Å². The average molecular weight is 496 g/mol. The van der Waals surface area contributed by atoms with Gasteiger partial charge in [-0.05, 0) is 54.1 Å². The Balaban J connectivity index is 1.95. The highest BCUT2D eigenvalue weighted by Gasteiger charge is 2.47. The van der Waals surface area contributed by atoms with Crippen molar-refractivity contribution in [1.82, 2.24) is 4.98 Å². The van der Waals surface area contributed by atoms with Crippen molar-refractivity contribution in [3.63, 3.8) is 0 Å². The number of hydrogen-bond acceptors (Lipinski definition) is 8. The maximum Gasteiger partial charge on any atom is 0.300 e. The number of aromatic nitrogens is 1. The molecule has 10 nitrogen and oxygen atoms in total.